The third kappa shape index (κ3) is 6.07. The number of rotatable bonds is 7. The van der Waals surface area contributed by atoms with Crippen LogP contribution >= 0.6 is 0 Å². The first-order valence-electron chi connectivity index (χ1n) is 7.09. The SMILES string of the molecule is CC(C)(C)OC[C@H](CNC(=O)c1ccccc1C(=O)O)C(=O)O. The maximum atomic E-state index is 12.1. The van der Waals surface area contributed by atoms with E-state index in [0.29, 0.717) is 0 Å². The minimum Gasteiger partial charge on any atom is -0.481 e. The minimum atomic E-state index is -1.22. The molecule has 0 unspecified atom stereocenters. The molecule has 1 aromatic carbocycles. The van der Waals surface area contributed by atoms with E-state index in [4.69, 9.17) is 9.84 Å². The van der Waals surface area contributed by atoms with Crippen molar-refractivity contribution in [1.82, 2.24) is 5.32 Å². The summed E-state index contributed by atoms with van der Waals surface area (Å²) in [5.41, 5.74) is -0.642. The first-order chi connectivity index (χ1) is 10.6. The first-order valence-corrected chi connectivity index (χ1v) is 7.09. The maximum absolute atomic E-state index is 12.1. The van der Waals surface area contributed by atoms with Gasteiger partial charge in [-0.2, -0.15) is 0 Å². The Morgan fingerprint density at radius 1 is 1.13 bits per heavy atom. The third-order valence-corrected chi connectivity index (χ3v) is 2.98. The second kappa shape index (κ2) is 7.73. The van der Waals surface area contributed by atoms with Crippen LogP contribution in [0.5, 0.6) is 0 Å². The van der Waals surface area contributed by atoms with Gasteiger partial charge in [0, 0.05) is 6.54 Å². The largest absolute Gasteiger partial charge is 0.481 e. The van der Waals surface area contributed by atoms with Crippen molar-refractivity contribution in [3.63, 3.8) is 0 Å². The fourth-order valence-corrected chi connectivity index (χ4v) is 1.75. The summed E-state index contributed by atoms with van der Waals surface area (Å²) in [4.78, 5) is 34.4. The molecule has 0 heterocycles. The van der Waals surface area contributed by atoms with Gasteiger partial charge in [-0.05, 0) is 32.9 Å². The highest BCUT2D eigenvalue weighted by Gasteiger charge is 2.23. The molecule has 0 aromatic heterocycles. The van der Waals surface area contributed by atoms with E-state index >= 15 is 0 Å². The number of ether oxygens (including phenoxy) is 1. The van der Waals surface area contributed by atoms with Gasteiger partial charge in [0.2, 0.25) is 0 Å². The third-order valence-electron chi connectivity index (χ3n) is 2.98. The van der Waals surface area contributed by atoms with Gasteiger partial charge in [-0.3, -0.25) is 9.59 Å². The molecule has 3 N–H and O–H groups in total. The zero-order valence-electron chi connectivity index (χ0n) is 13.3. The summed E-state index contributed by atoms with van der Waals surface area (Å²) in [6.07, 6.45) is 0. The average Bonchev–Trinajstić information content (AvgIpc) is 2.45. The molecule has 7 nitrogen and oxygen atoms in total. The van der Waals surface area contributed by atoms with E-state index in [1.807, 2.05) is 0 Å². The second-order valence-corrected chi connectivity index (χ2v) is 6.02. The average molecular weight is 323 g/mol. The summed E-state index contributed by atoms with van der Waals surface area (Å²) in [6, 6.07) is 5.74. The molecule has 1 aromatic rings. The lowest BCUT2D eigenvalue weighted by Crippen LogP contribution is -2.37. The number of hydrogen-bond acceptors (Lipinski definition) is 4. The molecular weight excluding hydrogens is 302 g/mol. The summed E-state index contributed by atoms with van der Waals surface area (Å²) in [5, 5.41) is 20.7. The molecule has 0 radical (unpaired) electrons. The van der Waals surface area contributed by atoms with Gasteiger partial charge in [0.25, 0.3) is 5.91 Å². The summed E-state index contributed by atoms with van der Waals surface area (Å²) in [7, 11) is 0. The van der Waals surface area contributed by atoms with Crippen molar-refractivity contribution in [1.29, 1.82) is 0 Å². The van der Waals surface area contributed by atoms with Crippen molar-refractivity contribution in [2.24, 2.45) is 5.92 Å². The molecule has 0 saturated heterocycles. The van der Waals surface area contributed by atoms with E-state index in [9.17, 15) is 19.5 Å². The molecular formula is C16H21NO6. The van der Waals surface area contributed by atoms with Gasteiger partial charge in [0.15, 0.2) is 0 Å². The summed E-state index contributed by atoms with van der Waals surface area (Å²) < 4.78 is 5.43. The molecule has 0 saturated carbocycles. The van der Waals surface area contributed by atoms with Crippen LogP contribution in [0, 0.1) is 5.92 Å². The number of carbonyl (C=O) groups excluding carboxylic acids is 1. The fraction of sp³-hybridized carbons (Fsp3) is 0.438. The number of aromatic carboxylic acids is 1. The highest BCUT2D eigenvalue weighted by atomic mass is 16.5. The number of benzene rings is 1. The van der Waals surface area contributed by atoms with E-state index in [1.165, 1.54) is 18.2 Å². The summed E-state index contributed by atoms with van der Waals surface area (Å²) in [6.45, 7) is 5.19. The van der Waals surface area contributed by atoms with Crippen LogP contribution in [0.3, 0.4) is 0 Å². The van der Waals surface area contributed by atoms with E-state index in [1.54, 1.807) is 26.8 Å². The zero-order valence-corrected chi connectivity index (χ0v) is 13.3. The fourth-order valence-electron chi connectivity index (χ4n) is 1.75. The van der Waals surface area contributed by atoms with Crippen LogP contribution in [-0.4, -0.2) is 46.8 Å². The first kappa shape index (κ1) is 18.6. The van der Waals surface area contributed by atoms with E-state index in [-0.39, 0.29) is 24.3 Å². The predicted molar refractivity (Wildman–Crippen MR) is 82.6 cm³/mol. The Morgan fingerprint density at radius 2 is 1.70 bits per heavy atom. The number of carbonyl (C=O) groups is 3. The molecule has 1 atom stereocenters. The molecule has 1 rings (SSSR count). The maximum Gasteiger partial charge on any atom is 0.336 e. The molecule has 0 spiro atoms. The Balaban J connectivity index is 2.73. The van der Waals surface area contributed by atoms with E-state index in [0.717, 1.165) is 0 Å². The van der Waals surface area contributed by atoms with Crippen molar-refractivity contribution in [3.8, 4) is 0 Å². The number of carboxylic acid groups (broad SMARTS) is 2. The Hall–Kier alpha value is -2.41. The zero-order chi connectivity index (χ0) is 17.6. The lowest BCUT2D eigenvalue weighted by Gasteiger charge is -2.22. The Labute approximate surface area is 134 Å². The predicted octanol–water partition coefficient (Wildman–Crippen LogP) is 1.63. The molecule has 0 aliphatic rings. The molecule has 23 heavy (non-hydrogen) atoms. The van der Waals surface area contributed by atoms with Crippen LogP contribution in [0.25, 0.3) is 0 Å². The number of aliphatic carboxylic acids is 1. The molecule has 0 aliphatic carbocycles. The van der Waals surface area contributed by atoms with Gasteiger partial charge in [-0.25, -0.2) is 4.79 Å². The molecule has 126 valence electrons. The molecule has 0 bridgehead atoms. The lowest BCUT2D eigenvalue weighted by molar-refractivity contribution is -0.145. The van der Waals surface area contributed by atoms with Crippen LogP contribution in [0.4, 0.5) is 0 Å². The van der Waals surface area contributed by atoms with Gasteiger partial charge in [-0.15, -0.1) is 0 Å². The topological polar surface area (TPSA) is 113 Å². The number of amides is 1. The van der Waals surface area contributed by atoms with Crippen molar-refractivity contribution in [2.75, 3.05) is 13.2 Å². The van der Waals surface area contributed by atoms with Crippen molar-refractivity contribution in [2.45, 2.75) is 26.4 Å². The molecule has 0 aliphatic heterocycles. The van der Waals surface area contributed by atoms with Gasteiger partial charge >= 0.3 is 11.9 Å². The normalized spacial score (nSPS) is 12.5. The van der Waals surface area contributed by atoms with Crippen LogP contribution in [-0.2, 0) is 9.53 Å². The Kier molecular flexibility index (Phi) is 6.27. The highest BCUT2D eigenvalue weighted by molar-refractivity contribution is 6.04. The molecule has 0 fully saturated rings. The summed E-state index contributed by atoms with van der Waals surface area (Å²) in [5.74, 6) is -3.87. The molecule has 1 amide bonds. The van der Waals surface area contributed by atoms with Crippen LogP contribution in [0.1, 0.15) is 41.5 Å². The van der Waals surface area contributed by atoms with Crippen LogP contribution in [0.15, 0.2) is 24.3 Å². The molecule has 7 heteroatoms. The highest BCUT2D eigenvalue weighted by Crippen LogP contribution is 2.11. The number of hydrogen-bond donors (Lipinski definition) is 3. The van der Waals surface area contributed by atoms with Crippen molar-refractivity contribution in [3.05, 3.63) is 35.4 Å². The van der Waals surface area contributed by atoms with Crippen molar-refractivity contribution >= 4 is 17.8 Å². The number of nitrogens with one attached hydrogen (secondary N) is 1. The van der Waals surface area contributed by atoms with Crippen molar-refractivity contribution < 1.29 is 29.3 Å². The van der Waals surface area contributed by atoms with E-state index < -0.39 is 29.4 Å². The minimum absolute atomic E-state index is 0.0131. The van der Waals surface area contributed by atoms with Gasteiger partial charge < -0.3 is 20.3 Å². The lowest BCUT2D eigenvalue weighted by atomic mass is 10.1. The second-order valence-electron chi connectivity index (χ2n) is 6.02. The van der Waals surface area contributed by atoms with Gasteiger partial charge in [0.05, 0.1) is 29.3 Å². The summed E-state index contributed by atoms with van der Waals surface area (Å²) >= 11 is 0. The number of carboxylic acids is 2. The quantitative estimate of drug-likeness (QED) is 0.703. The standard InChI is InChI=1S/C16H21NO6/c1-16(2,3)23-9-10(14(19)20)8-17-13(18)11-6-4-5-7-12(11)15(21)22/h4-7,10H,8-9H2,1-3H3,(H,17,18)(H,19,20)(H,21,22)/t10-/m0/s1. The van der Waals surface area contributed by atoms with Gasteiger partial charge in [0.1, 0.15) is 0 Å². The van der Waals surface area contributed by atoms with E-state index in [2.05, 4.69) is 5.32 Å². The van der Waals surface area contributed by atoms with Gasteiger partial charge in [-0.1, -0.05) is 12.1 Å². The smallest absolute Gasteiger partial charge is 0.336 e. The Bertz CT molecular complexity index is 590. The monoisotopic (exact) mass is 323 g/mol. The van der Waals surface area contributed by atoms with Crippen LogP contribution in [0.2, 0.25) is 0 Å². The Morgan fingerprint density at radius 3 is 2.17 bits per heavy atom. The van der Waals surface area contributed by atoms with Crippen LogP contribution < -0.4 is 5.32 Å².